The van der Waals surface area contributed by atoms with E-state index >= 15 is 0 Å². The van der Waals surface area contributed by atoms with E-state index in [2.05, 4.69) is 22.9 Å². The van der Waals surface area contributed by atoms with Gasteiger partial charge >= 0.3 is 18.2 Å². The van der Waals surface area contributed by atoms with Crippen molar-refractivity contribution in [1.82, 2.24) is 0 Å². The summed E-state index contributed by atoms with van der Waals surface area (Å²) in [6.07, 6.45) is -4.65. The molecule has 0 unspecified atom stereocenters. The van der Waals surface area contributed by atoms with Gasteiger partial charge in [0.25, 0.3) is 0 Å². The third-order valence-corrected chi connectivity index (χ3v) is 4.66. The lowest BCUT2D eigenvalue weighted by atomic mass is 10.1. The SMILES string of the molecule is CCOC(=O)c1cc(N(S)C(=O)Nc2c(Cl)cccc2Cl)c(N)cc1OCC(F)(F)F. The summed E-state index contributed by atoms with van der Waals surface area (Å²) in [5, 5.41) is 2.74. The van der Waals surface area contributed by atoms with E-state index in [1.165, 1.54) is 19.1 Å². The number of carbonyl (C=O) groups excluding carboxylic acids is 2. The van der Waals surface area contributed by atoms with Crippen LogP contribution in [0.4, 0.5) is 35.0 Å². The number of nitrogens with zero attached hydrogens (tertiary/aromatic N) is 1. The number of esters is 1. The van der Waals surface area contributed by atoms with Gasteiger partial charge < -0.3 is 20.5 Å². The van der Waals surface area contributed by atoms with E-state index in [0.29, 0.717) is 0 Å². The van der Waals surface area contributed by atoms with Crippen LogP contribution >= 0.6 is 36.0 Å². The number of ether oxygens (including phenoxy) is 2. The first-order valence-electron chi connectivity index (χ1n) is 8.48. The van der Waals surface area contributed by atoms with E-state index in [9.17, 15) is 22.8 Å². The Balaban J connectivity index is 2.39. The molecule has 0 saturated carbocycles. The normalized spacial score (nSPS) is 11.1. The van der Waals surface area contributed by atoms with Crippen molar-refractivity contribution in [3.8, 4) is 5.75 Å². The second kappa shape index (κ2) is 10.2. The summed E-state index contributed by atoms with van der Waals surface area (Å²) in [7, 11) is 0. The predicted molar refractivity (Wildman–Crippen MR) is 115 cm³/mol. The Kier molecular flexibility index (Phi) is 8.15. The molecule has 31 heavy (non-hydrogen) atoms. The molecule has 2 amide bonds. The maximum absolute atomic E-state index is 12.6. The molecule has 0 aliphatic heterocycles. The van der Waals surface area contributed by atoms with Crippen molar-refractivity contribution in [2.45, 2.75) is 13.1 Å². The van der Waals surface area contributed by atoms with Crippen LogP contribution in [0, 0.1) is 0 Å². The van der Waals surface area contributed by atoms with Crippen molar-refractivity contribution in [3.63, 3.8) is 0 Å². The highest BCUT2D eigenvalue weighted by Crippen LogP contribution is 2.36. The summed E-state index contributed by atoms with van der Waals surface area (Å²) in [6.45, 7) is -0.195. The number of benzene rings is 2. The first-order valence-corrected chi connectivity index (χ1v) is 9.64. The number of anilines is 3. The monoisotopic (exact) mass is 497 g/mol. The van der Waals surface area contributed by atoms with Crippen molar-refractivity contribution < 1.29 is 32.2 Å². The number of amides is 2. The molecule has 0 aromatic heterocycles. The second-order valence-corrected chi connectivity index (χ2v) is 7.08. The molecule has 0 atom stereocenters. The predicted octanol–water partition coefficient (Wildman–Crippen LogP) is 5.58. The fourth-order valence-corrected chi connectivity index (χ4v) is 3.02. The van der Waals surface area contributed by atoms with Gasteiger partial charge in [0.1, 0.15) is 11.3 Å². The van der Waals surface area contributed by atoms with Crippen molar-refractivity contribution in [2.24, 2.45) is 0 Å². The van der Waals surface area contributed by atoms with Gasteiger partial charge in [0.2, 0.25) is 0 Å². The highest BCUT2D eigenvalue weighted by molar-refractivity contribution is 7.82. The van der Waals surface area contributed by atoms with Crippen LogP contribution in [-0.2, 0) is 4.74 Å². The number of para-hydroxylation sites is 1. The van der Waals surface area contributed by atoms with Crippen LogP contribution in [0.25, 0.3) is 0 Å². The maximum atomic E-state index is 12.6. The zero-order valence-electron chi connectivity index (χ0n) is 15.8. The summed E-state index contributed by atoms with van der Waals surface area (Å²) in [5.74, 6) is -1.44. The summed E-state index contributed by atoms with van der Waals surface area (Å²) in [5.41, 5.74) is 5.27. The van der Waals surface area contributed by atoms with Gasteiger partial charge in [-0.1, -0.05) is 42.1 Å². The second-order valence-electron chi connectivity index (χ2n) is 5.87. The molecule has 2 aromatic carbocycles. The van der Waals surface area contributed by atoms with Crippen LogP contribution in [0.1, 0.15) is 17.3 Å². The largest absolute Gasteiger partial charge is 0.483 e. The Morgan fingerprint density at radius 1 is 1.23 bits per heavy atom. The van der Waals surface area contributed by atoms with Crippen LogP contribution in [0.5, 0.6) is 5.75 Å². The molecule has 7 nitrogen and oxygen atoms in total. The third kappa shape index (κ3) is 6.49. The lowest BCUT2D eigenvalue weighted by molar-refractivity contribution is -0.153. The Labute approximate surface area is 190 Å². The highest BCUT2D eigenvalue weighted by atomic mass is 35.5. The number of alkyl halides is 3. The van der Waals surface area contributed by atoms with Gasteiger partial charge in [0.05, 0.1) is 33.7 Å². The lowest BCUT2D eigenvalue weighted by Gasteiger charge is -2.21. The minimum absolute atomic E-state index is 0.0483. The number of urea groups is 1. The van der Waals surface area contributed by atoms with Gasteiger partial charge in [-0.25, -0.2) is 13.9 Å². The third-order valence-electron chi connectivity index (χ3n) is 3.63. The Bertz CT molecular complexity index is 972. The molecule has 0 bridgehead atoms. The molecular weight excluding hydrogens is 482 g/mol. The van der Waals surface area contributed by atoms with Gasteiger partial charge in [0.15, 0.2) is 6.61 Å². The molecule has 0 spiro atoms. The molecule has 3 N–H and O–H groups in total. The number of hydrogen-bond donors (Lipinski definition) is 3. The number of nitrogen functional groups attached to an aromatic ring is 1. The summed E-state index contributed by atoms with van der Waals surface area (Å²) in [4.78, 5) is 24.8. The fourth-order valence-electron chi connectivity index (χ4n) is 2.30. The molecule has 2 rings (SSSR count). The standard InChI is InChI=1S/C18H16Cl2F3N3O4S/c1-2-29-16(27)9-6-13(12(24)7-14(9)30-8-18(21,22)23)26(31)17(28)25-15-10(19)4-3-5-11(15)20/h3-7,31H,2,8,24H2,1H3,(H,25,28). The number of thiol groups is 1. The summed E-state index contributed by atoms with van der Waals surface area (Å²) < 4.78 is 47.9. The Morgan fingerprint density at radius 2 is 1.84 bits per heavy atom. The fraction of sp³-hybridized carbons (Fsp3) is 0.222. The van der Waals surface area contributed by atoms with E-state index in [4.69, 9.17) is 33.7 Å². The minimum Gasteiger partial charge on any atom is -0.483 e. The number of hydrogen-bond acceptors (Lipinski definition) is 6. The molecule has 13 heteroatoms. The van der Waals surface area contributed by atoms with Crippen LogP contribution in [0.2, 0.25) is 10.0 Å². The Hall–Kier alpha value is -2.50. The van der Waals surface area contributed by atoms with Crippen LogP contribution < -0.4 is 20.1 Å². The van der Waals surface area contributed by atoms with E-state index in [1.54, 1.807) is 6.07 Å². The summed E-state index contributed by atoms with van der Waals surface area (Å²) >= 11 is 16.1. The molecule has 168 valence electrons. The zero-order chi connectivity index (χ0) is 23.3. The average molecular weight is 498 g/mol. The lowest BCUT2D eigenvalue weighted by Crippen LogP contribution is -2.28. The molecule has 0 radical (unpaired) electrons. The van der Waals surface area contributed by atoms with Gasteiger partial charge in [-0.15, -0.1) is 0 Å². The van der Waals surface area contributed by atoms with Crippen LogP contribution in [-0.4, -0.2) is 31.4 Å². The molecule has 0 fully saturated rings. The topological polar surface area (TPSA) is 93.9 Å². The first kappa shape index (κ1) is 24.8. The van der Waals surface area contributed by atoms with Crippen LogP contribution in [0.15, 0.2) is 30.3 Å². The number of nitrogens with two attached hydrogens (primary N) is 1. The van der Waals surface area contributed by atoms with E-state index < -0.39 is 30.5 Å². The maximum Gasteiger partial charge on any atom is 0.422 e. The number of nitrogens with one attached hydrogen (secondary N) is 1. The van der Waals surface area contributed by atoms with Crippen LogP contribution in [0.3, 0.4) is 0 Å². The van der Waals surface area contributed by atoms with Crippen molar-refractivity contribution >= 4 is 65.1 Å². The van der Waals surface area contributed by atoms with Gasteiger partial charge in [-0.2, -0.15) is 13.2 Å². The quantitative estimate of drug-likeness (QED) is 0.275. The Morgan fingerprint density at radius 3 is 2.39 bits per heavy atom. The molecule has 0 saturated heterocycles. The van der Waals surface area contributed by atoms with E-state index in [1.807, 2.05) is 0 Å². The van der Waals surface area contributed by atoms with E-state index in [-0.39, 0.29) is 39.3 Å². The number of carbonyl (C=O) groups is 2. The highest BCUT2D eigenvalue weighted by Gasteiger charge is 2.30. The van der Waals surface area contributed by atoms with Gasteiger partial charge in [0, 0.05) is 6.07 Å². The average Bonchev–Trinajstić information content (AvgIpc) is 2.68. The zero-order valence-corrected chi connectivity index (χ0v) is 18.2. The summed E-state index contributed by atoms with van der Waals surface area (Å²) in [6, 6.07) is 5.69. The van der Waals surface area contributed by atoms with Crippen molar-refractivity contribution in [1.29, 1.82) is 0 Å². The minimum atomic E-state index is -4.65. The van der Waals surface area contributed by atoms with Gasteiger partial charge in [-0.05, 0) is 25.1 Å². The molecule has 0 heterocycles. The number of rotatable bonds is 6. The molecule has 2 aromatic rings. The van der Waals surface area contributed by atoms with Crippen molar-refractivity contribution in [2.75, 3.05) is 28.6 Å². The molecular formula is C18H16Cl2F3N3O4S. The molecule has 0 aliphatic rings. The van der Waals surface area contributed by atoms with E-state index in [0.717, 1.165) is 16.4 Å². The first-order chi connectivity index (χ1) is 14.4. The van der Waals surface area contributed by atoms with Gasteiger partial charge in [-0.3, -0.25) is 0 Å². The smallest absolute Gasteiger partial charge is 0.422 e. The van der Waals surface area contributed by atoms with Crippen molar-refractivity contribution in [3.05, 3.63) is 45.9 Å². The number of halogens is 5. The molecule has 0 aliphatic carbocycles.